The predicted molar refractivity (Wildman–Crippen MR) is 68.7 cm³/mol. The van der Waals surface area contributed by atoms with Gasteiger partial charge in [-0.15, -0.1) is 11.3 Å². The molecule has 1 aromatic heterocycles. The summed E-state index contributed by atoms with van der Waals surface area (Å²) in [5, 5.41) is 11.0. The van der Waals surface area contributed by atoms with E-state index < -0.39 is 5.82 Å². The Labute approximate surface area is 111 Å². The minimum absolute atomic E-state index is 0.121. The highest BCUT2D eigenvalue weighted by Gasteiger charge is 2.10. The van der Waals surface area contributed by atoms with Crippen LogP contribution >= 0.6 is 27.3 Å². The Morgan fingerprint density at radius 2 is 2.18 bits per heavy atom. The van der Waals surface area contributed by atoms with Gasteiger partial charge in [0.2, 0.25) is 0 Å². The van der Waals surface area contributed by atoms with Gasteiger partial charge in [-0.05, 0) is 33.4 Å². The number of hydrogen-bond acceptors (Lipinski definition) is 3. The average Bonchev–Trinajstić information content (AvgIpc) is 2.73. The van der Waals surface area contributed by atoms with E-state index in [0.29, 0.717) is 5.56 Å². The van der Waals surface area contributed by atoms with Crippen molar-refractivity contribution < 1.29 is 14.2 Å². The van der Waals surface area contributed by atoms with E-state index in [1.165, 1.54) is 17.4 Å². The van der Waals surface area contributed by atoms with Crippen LogP contribution in [0.15, 0.2) is 34.1 Å². The monoisotopic (exact) mass is 316 g/mol. The second-order valence-corrected chi connectivity index (χ2v) is 5.22. The summed E-state index contributed by atoms with van der Waals surface area (Å²) in [6, 6.07) is 6.42. The van der Waals surface area contributed by atoms with E-state index in [-0.39, 0.29) is 19.0 Å². The molecule has 2 aromatic rings. The lowest BCUT2D eigenvalue weighted by atomic mass is 10.2. The number of halogens is 2. The van der Waals surface area contributed by atoms with Crippen LogP contribution in [-0.2, 0) is 13.2 Å². The first kappa shape index (κ1) is 12.5. The molecule has 2 nitrogen and oxygen atoms in total. The Bertz CT molecular complexity index is 513. The number of hydrogen-bond donors (Lipinski definition) is 1. The minimum atomic E-state index is -0.454. The van der Waals surface area contributed by atoms with Crippen molar-refractivity contribution in [1.82, 2.24) is 0 Å². The number of ether oxygens (including phenoxy) is 1. The van der Waals surface area contributed by atoms with Crippen LogP contribution in [0.1, 0.15) is 10.4 Å². The van der Waals surface area contributed by atoms with E-state index in [9.17, 15) is 4.39 Å². The first-order valence-electron chi connectivity index (χ1n) is 4.95. The van der Waals surface area contributed by atoms with E-state index in [2.05, 4.69) is 15.9 Å². The molecule has 0 spiro atoms. The number of para-hydroxylation sites is 1. The Kier molecular flexibility index (Phi) is 4.15. The van der Waals surface area contributed by atoms with E-state index >= 15 is 0 Å². The van der Waals surface area contributed by atoms with Gasteiger partial charge < -0.3 is 9.84 Å². The molecule has 0 aliphatic rings. The highest BCUT2D eigenvalue weighted by molar-refractivity contribution is 9.10. The molecule has 90 valence electrons. The molecule has 0 saturated carbocycles. The molecule has 0 radical (unpaired) electrons. The summed E-state index contributed by atoms with van der Waals surface area (Å²) in [7, 11) is 0. The minimum Gasteiger partial charge on any atom is -0.485 e. The molecule has 1 aromatic carbocycles. The summed E-state index contributed by atoms with van der Waals surface area (Å²) in [6.07, 6.45) is 0. The van der Waals surface area contributed by atoms with Crippen molar-refractivity contribution in [1.29, 1.82) is 0 Å². The van der Waals surface area contributed by atoms with Gasteiger partial charge in [-0.25, -0.2) is 4.39 Å². The lowest BCUT2D eigenvalue weighted by Gasteiger charge is -2.10. The quantitative estimate of drug-likeness (QED) is 0.931. The molecule has 0 unspecified atom stereocenters. The summed E-state index contributed by atoms with van der Waals surface area (Å²) in [4.78, 5) is 0.983. The standard InChI is InChI=1S/C12H10BrFO2S/c13-9-4-5-17-11(9)7-16-12-8(6-15)2-1-3-10(12)14/h1-5,15H,6-7H2. The SMILES string of the molecule is OCc1cccc(F)c1OCc1sccc1Br. The zero-order valence-corrected chi connectivity index (χ0v) is 11.2. The molecule has 0 atom stereocenters. The molecule has 0 aliphatic carbocycles. The van der Waals surface area contributed by atoms with Gasteiger partial charge in [0, 0.05) is 10.0 Å². The van der Waals surface area contributed by atoms with Crippen molar-refractivity contribution in [3.63, 3.8) is 0 Å². The Morgan fingerprint density at radius 3 is 2.82 bits per heavy atom. The molecule has 0 fully saturated rings. The molecule has 1 N–H and O–H groups in total. The molecule has 0 saturated heterocycles. The molecule has 1 heterocycles. The van der Waals surface area contributed by atoms with Crippen molar-refractivity contribution >= 4 is 27.3 Å². The highest BCUT2D eigenvalue weighted by Crippen LogP contribution is 2.27. The second kappa shape index (κ2) is 5.62. The normalized spacial score (nSPS) is 10.5. The summed E-state index contributed by atoms with van der Waals surface area (Å²) >= 11 is 4.91. The largest absolute Gasteiger partial charge is 0.485 e. The topological polar surface area (TPSA) is 29.5 Å². The van der Waals surface area contributed by atoms with E-state index in [1.54, 1.807) is 12.1 Å². The Hall–Kier alpha value is -0.910. The third-order valence-electron chi connectivity index (χ3n) is 2.26. The van der Waals surface area contributed by atoms with Crippen LogP contribution in [0.3, 0.4) is 0 Å². The maximum absolute atomic E-state index is 13.5. The zero-order chi connectivity index (χ0) is 12.3. The summed E-state index contributed by atoms with van der Waals surface area (Å²) in [5.41, 5.74) is 0.456. The van der Waals surface area contributed by atoms with Crippen molar-refractivity contribution in [3.8, 4) is 5.75 Å². The number of rotatable bonds is 4. The second-order valence-electron chi connectivity index (χ2n) is 3.37. The van der Waals surface area contributed by atoms with Crippen LogP contribution in [0.25, 0.3) is 0 Å². The first-order chi connectivity index (χ1) is 8.22. The maximum atomic E-state index is 13.5. The molecule has 0 bridgehead atoms. The molecule has 0 aliphatic heterocycles. The lowest BCUT2D eigenvalue weighted by Crippen LogP contribution is -2.00. The van der Waals surface area contributed by atoms with Gasteiger partial charge >= 0.3 is 0 Å². The van der Waals surface area contributed by atoms with Crippen molar-refractivity contribution in [2.45, 2.75) is 13.2 Å². The van der Waals surface area contributed by atoms with Crippen molar-refractivity contribution in [2.24, 2.45) is 0 Å². The van der Waals surface area contributed by atoms with Crippen LogP contribution in [0.4, 0.5) is 4.39 Å². The first-order valence-corrected chi connectivity index (χ1v) is 6.62. The fourth-order valence-electron chi connectivity index (χ4n) is 1.41. The number of aliphatic hydroxyl groups excluding tert-OH is 1. The van der Waals surface area contributed by atoms with Gasteiger partial charge in [0.25, 0.3) is 0 Å². The molecular formula is C12H10BrFO2S. The van der Waals surface area contributed by atoms with Crippen LogP contribution < -0.4 is 4.74 Å². The molecule has 17 heavy (non-hydrogen) atoms. The molecule has 5 heteroatoms. The van der Waals surface area contributed by atoms with Gasteiger partial charge in [0.15, 0.2) is 11.6 Å². The van der Waals surface area contributed by atoms with Gasteiger partial charge in [0.05, 0.1) is 11.5 Å². The number of thiophene rings is 1. The fourth-order valence-corrected chi connectivity index (χ4v) is 2.78. The van der Waals surface area contributed by atoms with Crippen LogP contribution in [0.2, 0.25) is 0 Å². The molecule has 2 rings (SSSR count). The number of aliphatic hydroxyl groups is 1. The smallest absolute Gasteiger partial charge is 0.165 e. The van der Waals surface area contributed by atoms with Gasteiger partial charge in [-0.1, -0.05) is 12.1 Å². The van der Waals surface area contributed by atoms with Gasteiger partial charge in [0.1, 0.15) is 6.61 Å². The Morgan fingerprint density at radius 1 is 1.35 bits per heavy atom. The van der Waals surface area contributed by atoms with Crippen molar-refractivity contribution in [3.05, 3.63) is 50.4 Å². The lowest BCUT2D eigenvalue weighted by molar-refractivity contribution is 0.252. The van der Waals surface area contributed by atoms with E-state index in [0.717, 1.165) is 9.35 Å². The summed E-state index contributed by atoms with van der Waals surface area (Å²) in [6.45, 7) is 0.0465. The number of benzene rings is 1. The van der Waals surface area contributed by atoms with E-state index in [4.69, 9.17) is 9.84 Å². The van der Waals surface area contributed by atoms with Gasteiger partial charge in [-0.3, -0.25) is 0 Å². The predicted octanol–water partition coefficient (Wildman–Crippen LogP) is 3.72. The molecule has 0 amide bonds. The average molecular weight is 317 g/mol. The zero-order valence-electron chi connectivity index (χ0n) is 8.82. The fraction of sp³-hybridized carbons (Fsp3) is 0.167. The maximum Gasteiger partial charge on any atom is 0.165 e. The van der Waals surface area contributed by atoms with Gasteiger partial charge in [-0.2, -0.15) is 0 Å². The highest BCUT2D eigenvalue weighted by atomic mass is 79.9. The van der Waals surface area contributed by atoms with Crippen LogP contribution in [0, 0.1) is 5.82 Å². The van der Waals surface area contributed by atoms with Crippen LogP contribution in [0.5, 0.6) is 5.75 Å². The summed E-state index contributed by atoms with van der Waals surface area (Å²) in [5.74, 6) is -0.334. The molecular weight excluding hydrogens is 307 g/mol. The van der Waals surface area contributed by atoms with Crippen molar-refractivity contribution in [2.75, 3.05) is 0 Å². The summed E-state index contributed by atoms with van der Waals surface area (Å²) < 4.78 is 19.9. The third-order valence-corrected chi connectivity index (χ3v) is 4.16. The van der Waals surface area contributed by atoms with E-state index in [1.807, 2.05) is 11.4 Å². The Balaban J connectivity index is 2.16. The third kappa shape index (κ3) is 2.86. The van der Waals surface area contributed by atoms with Crippen LogP contribution in [-0.4, -0.2) is 5.11 Å².